The zero-order valence-electron chi connectivity index (χ0n) is 15.9. The van der Waals surface area contributed by atoms with Crippen LogP contribution in [0.15, 0.2) is 24.4 Å². The van der Waals surface area contributed by atoms with E-state index < -0.39 is 18.4 Å². The summed E-state index contributed by atoms with van der Waals surface area (Å²) in [7, 11) is 1.59. The summed E-state index contributed by atoms with van der Waals surface area (Å²) in [6.07, 6.45) is 1.64. The SMILES string of the molecule is COCc1cnc2c(-c3nc4c(Cl)c(F)c(OCC(=O)O)cc4s3)cc(C)cc2n1. The van der Waals surface area contributed by atoms with Gasteiger partial charge in [0.1, 0.15) is 15.5 Å². The Balaban J connectivity index is 1.86. The van der Waals surface area contributed by atoms with Crippen LogP contribution in [0.3, 0.4) is 0 Å². The van der Waals surface area contributed by atoms with E-state index in [-0.39, 0.29) is 16.3 Å². The number of nitrogens with zero attached hydrogens (tertiary/aromatic N) is 3. The Kier molecular flexibility index (Phi) is 5.50. The third-order valence-corrected chi connectivity index (χ3v) is 5.63. The first-order chi connectivity index (χ1) is 14.4. The summed E-state index contributed by atoms with van der Waals surface area (Å²) >= 11 is 7.43. The minimum absolute atomic E-state index is 0.221. The van der Waals surface area contributed by atoms with Gasteiger partial charge in [-0.25, -0.2) is 19.2 Å². The molecule has 2 aromatic carbocycles. The maximum absolute atomic E-state index is 14.5. The zero-order chi connectivity index (χ0) is 21.4. The topological polar surface area (TPSA) is 94.4 Å². The van der Waals surface area contributed by atoms with E-state index in [0.29, 0.717) is 33.0 Å². The van der Waals surface area contributed by atoms with Crippen LogP contribution in [0.5, 0.6) is 5.75 Å². The number of carbonyl (C=O) groups is 1. The van der Waals surface area contributed by atoms with Crippen molar-refractivity contribution < 1.29 is 23.8 Å². The second kappa shape index (κ2) is 8.10. The van der Waals surface area contributed by atoms with Crippen LogP contribution in [-0.4, -0.2) is 39.7 Å². The molecule has 0 bridgehead atoms. The number of halogens is 2. The molecule has 1 N–H and O–H groups in total. The molecular formula is C20H15ClFN3O4S. The maximum Gasteiger partial charge on any atom is 0.341 e. The number of hydrogen-bond acceptors (Lipinski definition) is 7. The standard InChI is InChI=1S/C20H15ClFN3O4S/c1-9-3-11(18-12(4-9)24-10(6-23-18)7-28-2)20-25-19-14(30-20)5-13(17(22)16(19)21)29-8-15(26)27/h3-6H,7-8H2,1-2H3,(H,26,27). The quantitative estimate of drug-likeness (QED) is 0.461. The second-order valence-corrected chi connectivity index (χ2v) is 7.93. The molecule has 10 heteroatoms. The smallest absolute Gasteiger partial charge is 0.341 e. The molecule has 0 unspecified atom stereocenters. The Morgan fingerprint density at radius 3 is 2.80 bits per heavy atom. The van der Waals surface area contributed by atoms with Gasteiger partial charge in [0.05, 0.1) is 34.2 Å². The fraction of sp³-hybridized carbons (Fsp3) is 0.200. The molecular weight excluding hydrogens is 433 g/mol. The number of benzene rings is 2. The van der Waals surface area contributed by atoms with Crippen molar-refractivity contribution in [3.8, 4) is 16.3 Å². The van der Waals surface area contributed by atoms with Crippen LogP contribution in [0.2, 0.25) is 5.02 Å². The minimum atomic E-state index is -1.21. The molecule has 154 valence electrons. The Morgan fingerprint density at radius 2 is 2.07 bits per heavy atom. The predicted octanol–water partition coefficient (Wildman–Crippen LogP) is 4.62. The van der Waals surface area contributed by atoms with Gasteiger partial charge in [0.25, 0.3) is 0 Å². The van der Waals surface area contributed by atoms with Crippen molar-refractivity contribution in [2.24, 2.45) is 0 Å². The molecule has 30 heavy (non-hydrogen) atoms. The van der Waals surface area contributed by atoms with E-state index in [1.807, 2.05) is 19.1 Å². The highest BCUT2D eigenvalue weighted by atomic mass is 35.5. The molecule has 0 fully saturated rings. The largest absolute Gasteiger partial charge is 0.479 e. The predicted molar refractivity (Wildman–Crippen MR) is 112 cm³/mol. The van der Waals surface area contributed by atoms with Gasteiger partial charge in [-0.2, -0.15) is 0 Å². The first-order valence-corrected chi connectivity index (χ1v) is 9.95. The van der Waals surface area contributed by atoms with Gasteiger partial charge in [-0.3, -0.25) is 4.98 Å². The van der Waals surface area contributed by atoms with E-state index in [4.69, 9.17) is 26.2 Å². The number of hydrogen-bond donors (Lipinski definition) is 1. The summed E-state index contributed by atoms with van der Waals surface area (Å²) < 4.78 is 25.2. The van der Waals surface area contributed by atoms with Crippen LogP contribution in [0, 0.1) is 12.7 Å². The lowest BCUT2D eigenvalue weighted by atomic mass is 10.1. The Bertz CT molecular complexity index is 1290. The first-order valence-electron chi connectivity index (χ1n) is 8.76. The summed E-state index contributed by atoms with van der Waals surface area (Å²) in [5.41, 5.74) is 4.03. The minimum Gasteiger partial charge on any atom is -0.479 e. The normalized spacial score (nSPS) is 11.3. The molecule has 4 aromatic rings. The van der Waals surface area contributed by atoms with Crippen LogP contribution in [0.25, 0.3) is 31.8 Å². The highest BCUT2D eigenvalue weighted by Gasteiger charge is 2.20. The molecule has 2 heterocycles. The van der Waals surface area contributed by atoms with E-state index in [2.05, 4.69) is 15.0 Å². The molecule has 2 aromatic heterocycles. The van der Waals surface area contributed by atoms with Crippen molar-refractivity contribution in [1.82, 2.24) is 15.0 Å². The molecule has 0 atom stereocenters. The van der Waals surface area contributed by atoms with Crippen LogP contribution >= 0.6 is 22.9 Å². The van der Waals surface area contributed by atoms with Crippen molar-refractivity contribution in [1.29, 1.82) is 0 Å². The summed E-state index contributed by atoms with van der Waals surface area (Å²) in [5, 5.41) is 9.14. The van der Waals surface area contributed by atoms with Gasteiger partial charge < -0.3 is 14.6 Å². The molecule has 0 radical (unpaired) electrons. The summed E-state index contributed by atoms with van der Waals surface area (Å²) in [4.78, 5) is 24.3. The van der Waals surface area contributed by atoms with Crippen LogP contribution in [-0.2, 0) is 16.1 Å². The fourth-order valence-corrected chi connectivity index (χ4v) is 4.34. The third-order valence-electron chi connectivity index (χ3n) is 4.25. The van der Waals surface area contributed by atoms with Crippen molar-refractivity contribution >= 4 is 50.2 Å². The van der Waals surface area contributed by atoms with Gasteiger partial charge in [0, 0.05) is 18.7 Å². The molecule has 0 amide bonds. The van der Waals surface area contributed by atoms with Gasteiger partial charge in [0.2, 0.25) is 0 Å². The first kappa shape index (κ1) is 20.4. The van der Waals surface area contributed by atoms with Crippen LogP contribution in [0.4, 0.5) is 4.39 Å². The van der Waals surface area contributed by atoms with E-state index in [1.165, 1.54) is 17.4 Å². The third kappa shape index (κ3) is 3.79. The molecule has 0 saturated heterocycles. The van der Waals surface area contributed by atoms with Crippen LogP contribution in [0.1, 0.15) is 11.3 Å². The molecule has 0 spiro atoms. The zero-order valence-corrected chi connectivity index (χ0v) is 17.5. The molecule has 0 aliphatic carbocycles. The van der Waals surface area contributed by atoms with Crippen molar-refractivity contribution in [2.45, 2.75) is 13.5 Å². The number of aliphatic carboxylic acids is 1. The van der Waals surface area contributed by atoms with Gasteiger partial charge in [-0.05, 0) is 24.6 Å². The van der Waals surface area contributed by atoms with E-state index in [1.54, 1.807) is 13.3 Å². The average molecular weight is 448 g/mol. The molecule has 0 saturated carbocycles. The molecule has 7 nitrogen and oxygen atoms in total. The summed E-state index contributed by atoms with van der Waals surface area (Å²) in [6.45, 7) is 1.61. The van der Waals surface area contributed by atoms with Crippen LogP contribution < -0.4 is 4.74 Å². The maximum atomic E-state index is 14.5. The summed E-state index contributed by atoms with van der Waals surface area (Å²) in [5.74, 6) is -2.29. The Hall–Kier alpha value is -2.88. The van der Waals surface area contributed by atoms with Gasteiger partial charge >= 0.3 is 5.97 Å². The highest BCUT2D eigenvalue weighted by molar-refractivity contribution is 7.21. The Morgan fingerprint density at radius 1 is 1.27 bits per heavy atom. The number of aryl methyl sites for hydroxylation is 1. The number of ether oxygens (including phenoxy) is 2. The lowest BCUT2D eigenvalue weighted by molar-refractivity contribution is -0.139. The number of aromatic nitrogens is 3. The Labute approximate surface area is 179 Å². The van der Waals surface area contributed by atoms with E-state index in [9.17, 15) is 9.18 Å². The fourth-order valence-electron chi connectivity index (χ4n) is 3.02. The molecule has 0 aliphatic rings. The monoisotopic (exact) mass is 447 g/mol. The van der Waals surface area contributed by atoms with Crippen molar-refractivity contribution in [3.05, 3.63) is 46.5 Å². The lowest BCUT2D eigenvalue weighted by Gasteiger charge is -2.06. The van der Waals surface area contributed by atoms with E-state index in [0.717, 1.165) is 11.1 Å². The number of carboxylic acid groups (broad SMARTS) is 1. The number of thiazole rings is 1. The van der Waals surface area contributed by atoms with Crippen molar-refractivity contribution in [3.63, 3.8) is 0 Å². The van der Waals surface area contributed by atoms with Gasteiger partial charge in [-0.1, -0.05) is 11.6 Å². The number of carboxylic acids is 1. The van der Waals surface area contributed by atoms with E-state index >= 15 is 0 Å². The number of fused-ring (bicyclic) bond motifs is 2. The second-order valence-electron chi connectivity index (χ2n) is 6.53. The number of methoxy groups -OCH3 is 1. The van der Waals surface area contributed by atoms with Gasteiger partial charge in [0.15, 0.2) is 18.2 Å². The lowest BCUT2D eigenvalue weighted by Crippen LogP contribution is -2.10. The highest BCUT2D eigenvalue weighted by Crippen LogP contribution is 2.40. The molecule has 4 rings (SSSR count). The average Bonchev–Trinajstić information content (AvgIpc) is 3.13. The van der Waals surface area contributed by atoms with Gasteiger partial charge in [-0.15, -0.1) is 11.3 Å². The van der Waals surface area contributed by atoms with Crippen molar-refractivity contribution in [2.75, 3.05) is 13.7 Å². The number of rotatable bonds is 6. The summed E-state index contributed by atoms with van der Waals surface area (Å²) in [6, 6.07) is 5.25. The molecule has 0 aliphatic heterocycles.